The van der Waals surface area contributed by atoms with Gasteiger partial charge in [0.2, 0.25) is 0 Å². The van der Waals surface area contributed by atoms with Gasteiger partial charge in [0.05, 0.1) is 11.9 Å². The predicted octanol–water partition coefficient (Wildman–Crippen LogP) is 3.06. The zero-order valence-electron chi connectivity index (χ0n) is 10.2. The molecule has 0 N–H and O–H groups in total. The summed E-state index contributed by atoms with van der Waals surface area (Å²) in [6.07, 6.45) is 6.35. The number of carbonyl (C=O) groups excluding carboxylic acids is 1. The van der Waals surface area contributed by atoms with Gasteiger partial charge in [-0.25, -0.2) is 0 Å². The molecule has 0 amide bonds. The van der Waals surface area contributed by atoms with Crippen LogP contribution in [0, 0.1) is 5.92 Å². The first kappa shape index (κ1) is 13.6. The maximum Gasteiger partial charge on any atom is 0.149 e. The van der Waals surface area contributed by atoms with E-state index >= 15 is 0 Å². The first-order valence-corrected chi connectivity index (χ1v) is 7.57. The first-order valence-electron chi connectivity index (χ1n) is 6.70. The Morgan fingerprint density at radius 1 is 1.06 bits per heavy atom. The first-order chi connectivity index (χ1) is 8.16. The van der Waals surface area contributed by atoms with Crippen LogP contribution in [-0.2, 0) is 4.79 Å². The summed E-state index contributed by atoms with van der Waals surface area (Å²) in [6.45, 7) is 2.79. The third-order valence-corrected chi connectivity index (χ3v) is 5.11. The Bertz CT molecular complexity index is 266. The molecular weight excluding hydrogens is 257 g/mol. The topological polar surface area (TPSA) is 20.3 Å². The normalized spacial score (nSPS) is 35.8. The zero-order valence-corrected chi connectivity index (χ0v) is 11.7. The average Bonchev–Trinajstić information content (AvgIpc) is 2.34. The monoisotopic (exact) mass is 277 g/mol. The predicted molar refractivity (Wildman–Crippen MR) is 71.9 cm³/mol. The number of likely N-dealkylation sites (tertiary alicyclic amines) is 1. The van der Waals surface area contributed by atoms with Gasteiger partial charge in [-0.05, 0) is 45.2 Å². The molecule has 0 aromatic heterocycles. The highest BCUT2D eigenvalue weighted by Gasteiger charge is 2.32. The number of carbonyl (C=O) groups is 1. The van der Waals surface area contributed by atoms with Gasteiger partial charge in [0.15, 0.2) is 0 Å². The highest BCUT2D eigenvalue weighted by Crippen LogP contribution is 2.32. The Hall–Kier alpha value is 0.210. The Balaban J connectivity index is 1.79. The van der Waals surface area contributed by atoms with E-state index in [9.17, 15) is 4.79 Å². The van der Waals surface area contributed by atoms with Crippen LogP contribution >= 0.6 is 23.2 Å². The number of piperidine rings is 1. The molecule has 0 radical (unpaired) electrons. The fourth-order valence-corrected chi connectivity index (χ4v) is 3.41. The highest BCUT2D eigenvalue weighted by atomic mass is 35.5. The van der Waals surface area contributed by atoms with Crippen molar-refractivity contribution in [2.45, 2.75) is 49.3 Å². The van der Waals surface area contributed by atoms with E-state index in [1.54, 1.807) is 0 Å². The molecular formula is C13H21Cl2NO. The molecule has 0 bridgehead atoms. The minimum Gasteiger partial charge on any atom is -0.298 e. The number of alkyl halides is 2. The van der Waals surface area contributed by atoms with E-state index in [2.05, 4.69) is 4.90 Å². The Labute approximate surface area is 114 Å². The third kappa shape index (κ3) is 3.84. The number of Topliss-reactive ketones (excluding diaryl/α,β-unsaturated/α-hetero) is 1. The highest BCUT2D eigenvalue weighted by molar-refractivity contribution is 6.30. The fraction of sp³-hybridized carbons (Fsp3) is 0.923. The third-order valence-electron chi connectivity index (χ3n) is 3.98. The van der Waals surface area contributed by atoms with Gasteiger partial charge in [-0.2, -0.15) is 0 Å². The van der Waals surface area contributed by atoms with Crippen LogP contribution in [-0.4, -0.2) is 41.1 Å². The van der Waals surface area contributed by atoms with Crippen molar-refractivity contribution in [1.29, 1.82) is 0 Å². The summed E-state index contributed by atoms with van der Waals surface area (Å²) in [7, 11) is 0. The molecule has 2 rings (SSSR count). The molecule has 0 aromatic carbocycles. The van der Waals surface area contributed by atoms with Gasteiger partial charge in [0.1, 0.15) is 5.78 Å². The molecule has 17 heavy (non-hydrogen) atoms. The Kier molecular flexibility index (Phi) is 5.13. The molecule has 3 unspecified atom stereocenters. The second kappa shape index (κ2) is 6.40. The van der Waals surface area contributed by atoms with Crippen molar-refractivity contribution in [1.82, 2.24) is 4.90 Å². The molecule has 0 aromatic rings. The van der Waals surface area contributed by atoms with E-state index in [4.69, 9.17) is 23.2 Å². The van der Waals surface area contributed by atoms with Crippen molar-refractivity contribution in [2.75, 3.05) is 19.6 Å². The van der Waals surface area contributed by atoms with Gasteiger partial charge in [-0.1, -0.05) is 6.42 Å². The van der Waals surface area contributed by atoms with Gasteiger partial charge in [-0.15, -0.1) is 23.2 Å². The molecule has 2 aliphatic rings. The molecule has 1 heterocycles. The number of rotatable bonds is 3. The van der Waals surface area contributed by atoms with Crippen molar-refractivity contribution in [3.63, 3.8) is 0 Å². The van der Waals surface area contributed by atoms with Crippen LogP contribution in [0.4, 0.5) is 0 Å². The second-order valence-corrected chi connectivity index (χ2v) is 6.47. The summed E-state index contributed by atoms with van der Waals surface area (Å²) < 4.78 is 0. The number of nitrogens with zero attached hydrogens (tertiary/aromatic N) is 1. The molecule has 0 spiro atoms. The van der Waals surface area contributed by atoms with Gasteiger partial charge in [-0.3, -0.25) is 9.69 Å². The van der Waals surface area contributed by atoms with Gasteiger partial charge >= 0.3 is 0 Å². The zero-order chi connectivity index (χ0) is 12.3. The molecule has 4 heteroatoms. The van der Waals surface area contributed by atoms with Crippen LogP contribution in [0.25, 0.3) is 0 Å². The number of ketones is 1. The summed E-state index contributed by atoms with van der Waals surface area (Å²) >= 11 is 12.2. The van der Waals surface area contributed by atoms with Crippen LogP contribution in [0.15, 0.2) is 0 Å². The lowest BCUT2D eigenvalue weighted by atomic mass is 9.85. The Morgan fingerprint density at radius 3 is 2.41 bits per heavy atom. The maximum atomic E-state index is 12.2. The summed E-state index contributed by atoms with van der Waals surface area (Å²) in [6, 6.07) is 0. The van der Waals surface area contributed by atoms with Crippen molar-refractivity contribution in [3.8, 4) is 0 Å². The largest absolute Gasteiger partial charge is 0.298 e. The van der Waals surface area contributed by atoms with E-state index in [1.165, 1.54) is 19.3 Å². The van der Waals surface area contributed by atoms with E-state index in [0.29, 0.717) is 12.3 Å². The molecule has 1 saturated heterocycles. The van der Waals surface area contributed by atoms with Gasteiger partial charge in [0.25, 0.3) is 0 Å². The number of hydrogen-bond acceptors (Lipinski definition) is 2. The average molecular weight is 278 g/mol. The summed E-state index contributed by atoms with van der Waals surface area (Å²) in [5.74, 6) is 0.524. The molecule has 1 aliphatic heterocycles. The summed E-state index contributed by atoms with van der Waals surface area (Å²) in [5, 5.41) is 0.0245. The molecule has 1 aliphatic carbocycles. The van der Waals surface area contributed by atoms with Crippen LogP contribution in [0.1, 0.15) is 38.5 Å². The van der Waals surface area contributed by atoms with E-state index in [1.807, 2.05) is 0 Å². The van der Waals surface area contributed by atoms with E-state index in [0.717, 1.165) is 32.4 Å². The van der Waals surface area contributed by atoms with Crippen LogP contribution in [0.3, 0.4) is 0 Å². The minimum absolute atomic E-state index is 0.0271. The summed E-state index contributed by atoms with van der Waals surface area (Å²) in [4.78, 5) is 14.5. The Morgan fingerprint density at radius 2 is 1.76 bits per heavy atom. The van der Waals surface area contributed by atoms with E-state index in [-0.39, 0.29) is 16.7 Å². The van der Waals surface area contributed by atoms with Crippen LogP contribution in [0.5, 0.6) is 0 Å². The van der Waals surface area contributed by atoms with Crippen molar-refractivity contribution < 1.29 is 4.79 Å². The molecule has 1 saturated carbocycles. The summed E-state index contributed by atoms with van der Waals surface area (Å²) in [5.41, 5.74) is 0. The van der Waals surface area contributed by atoms with Crippen LogP contribution < -0.4 is 0 Å². The lowest BCUT2D eigenvalue weighted by Gasteiger charge is -2.31. The smallest absolute Gasteiger partial charge is 0.149 e. The maximum absolute atomic E-state index is 12.2. The molecule has 98 valence electrons. The molecule has 2 nitrogen and oxygen atoms in total. The lowest BCUT2D eigenvalue weighted by Crippen LogP contribution is -2.39. The molecule has 3 atom stereocenters. The SMILES string of the molecule is O=C(CN1CCCCC1)C1CCC(Cl)C(Cl)C1. The quantitative estimate of drug-likeness (QED) is 0.739. The van der Waals surface area contributed by atoms with Crippen molar-refractivity contribution >= 4 is 29.0 Å². The number of hydrogen-bond donors (Lipinski definition) is 0. The van der Waals surface area contributed by atoms with E-state index < -0.39 is 0 Å². The van der Waals surface area contributed by atoms with Crippen LogP contribution in [0.2, 0.25) is 0 Å². The standard InChI is InChI=1S/C13H21Cl2NO/c14-11-5-4-10(8-12(11)15)13(17)9-16-6-2-1-3-7-16/h10-12H,1-9H2. The fourth-order valence-electron chi connectivity index (χ4n) is 2.84. The lowest BCUT2D eigenvalue weighted by molar-refractivity contribution is -0.125. The van der Waals surface area contributed by atoms with Gasteiger partial charge < -0.3 is 0 Å². The van der Waals surface area contributed by atoms with Crippen molar-refractivity contribution in [2.24, 2.45) is 5.92 Å². The second-order valence-electron chi connectivity index (χ2n) is 5.35. The number of halogens is 2. The van der Waals surface area contributed by atoms with Gasteiger partial charge in [0, 0.05) is 11.3 Å². The molecule has 2 fully saturated rings. The minimum atomic E-state index is -0.0271. The van der Waals surface area contributed by atoms with Crippen molar-refractivity contribution in [3.05, 3.63) is 0 Å².